The summed E-state index contributed by atoms with van der Waals surface area (Å²) in [4.78, 5) is 15.2. The maximum atomic E-state index is 6.77. The van der Waals surface area contributed by atoms with Gasteiger partial charge in [0.15, 0.2) is 17.5 Å². The second kappa shape index (κ2) is 12.1. The molecular formula is C50H36N4O. The smallest absolute Gasteiger partial charge is 0.164 e. The van der Waals surface area contributed by atoms with Crippen LogP contribution in [0.4, 0.5) is 0 Å². The van der Waals surface area contributed by atoms with Crippen LogP contribution in [0.2, 0.25) is 0 Å². The van der Waals surface area contributed by atoms with E-state index in [1.54, 1.807) is 0 Å². The molecule has 0 fully saturated rings. The van der Waals surface area contributed by atoms with E-state index in [-0.39, 0.29) is 5.41 Å². The Morgan fingerprint density at radius 3 is 1.87 bits per heavy atom. The number of hydrogen-bond acceptors (Lipinski definition) is 4. The molecule has 0 spiro atoms. The van der Waals surface area contributed by atoms with Crippen LogP contribution in [0.3, 0.4) is 0 Å². The minimum absolute atomic E-state index is 0.147. The molecule has 5 heteroatoms. The van der Waals surface area contributed by atoms with Gasteiger partial charge in [0.1, 0.15) is 11.2 Å². The van der Waals surface area contributed by atoms with Crippen molar-refractivity contribution in [3.8, 4) is 51.0 Å². The van der Waals surface area contributed by atoms with Crippen LogP contribution in [0, 0.1) is 0 Å². The van der Waals surface area contributed by atoms with E-state index in [4.69, 9.17) is 19.4 Å². The Bertz CT molecular complexity index is 3060. The number of fused-ring (bicyclic) bond motifs is 11. The van der Waals surface area contributed by atoms with Crippen molar-refractivity contribution >= 4 is 43.7 Å². The van der Waals surface area contributed by atoms with Gasteiger partial charge >= 0.3 is 0 Å². The largest absolute Gasteiger partial charge is 0.455 e. The predicted molar refractivity (Wildman–Crippen MR) is 225 cm³/mol. The molecule has 0 saturated carbocycles. The average molecular weight is 709 g/mol. The van der Waals surface area contributed by atoms with E-state index >= 15 is 0 Å². The lowest BCUT2D eigenvalue weighted by Crippen LogP contribution is -2.24. The number of hydrogen-bond donors (Lipinski definition) is 0. The molecule has 0 unspecified atom stereocenters. The van der Waals surface area contributed by atoms with Gasteiger partial charge < -0.3 is 8.98 Å². The van der Waals surface area contributed by atoms with Gasteiger partial charge in [-0.25, -0.2) is 15.0 Å². The maximum Gasteiger partial charge on any atom is 0.164 e. The highest BCUT2D eigenvalue weighted by molar-refractivity contribution is 6.25. The summed E-state index contributed by atoms with van der Waals surface area (Å²) >= 11 is 0. The first-order chi connectivity index (χ1) is 27.2. The summed E-state index contributed by atoms with van der Waals surface area (Å²) in [5.41, 5.74) is 13.3. The zero-order chi connectivity index (χ0) is 36.7. The van der Waals surface area contributed by atoms with Gasteiger partial charge in [-0.1, -0.05) is 141 Å². The Kier molecular flexibility index (Phi) is 6.96. The van der Waals surface area contributed by atoms with E-state index in [1.807, 2.05) is 66.7 Å². The van der Waals surface area contributed by atoms with Crippen molar-refractivity contribution in [3.05, 3.63) is 169 Å². The van der Waals surface area contributed by atoms with Gasteiger partial charge in [-0.3, -0.25) is 0 Å². The number of furan rings is 1. The first-order valence-electron chi connectivity index (χ1n) is 19.2. The van der Waals surface area contributed by atoms with Crippen molar-refractivity contribution in [2.24, 2.45) is 0 Å². The van der Waals surface area contributed by atoms with Gasteiger partial charge in [-0.2, -0.15) is 0 Å². The van der Waals surface area contributed by atoms with Crippen LogP contribution < -0.4 is 0 Å². The second-order valence-electron chi connectivity index (χ2n) is 14.6. The molecule has 0 N–H and O–H groups in total. The minimum atomic E-state index is -0.147. The fourth-order valence-corrected chi connectivity index (χ4v) is 9.32. The molecule has 262 valence electrons. The van der Waals surface area contributed by atoms with E-state index in [1.165, 1.54) is 33.2 Å². The molecule has 11 rings (SSSR count). The molecule has 3 aromatic heterocycles. The maximum absolute atomic E-state index is 6.77. The normalized spacial score (nSPS) is 13.2. The van der Waals surface area contributed by atoms with Gasteiger partial charge in [-0.15, -0.1) is 0 Å². The first kappa shape index (κ1) is 31.7. The van der Waals surface area contributed by atoms with E-state index in [9.17, 15) is 0 Å². The third kappa shape index (κ3) is 4.56. The summed E-state index contributed by atoms with van der Waals surface area (Å²) in [6.07, 6.45) is 1.98. The molecule has 0 amide bonds. The molecule has 0 saturated heterocycles. The van der Waals surface area contributed by atoms with Gasteiger partial charge in [0.2, 0.25) is 0 Å². The standard InChI is InChI=1S/C50H36N4O/c1-3-50(4-2)40-24-13-11-22-35(40)37-26-27-39-43-41(29-28-38-36-23-12-14-25-42(36)55-46(38)43)54(45(39)44(37)50)34-21-15-20-33(30-34)49-52-47(31-16-7-5-8-17-31)51-48(53-49)32-18-9-6-10-19-32/h5-30H,3-4H2,1-2H3. The van der Waals surface area contributed by atoms with E-state index in [2.05, 4.69) is 109 Å². The summed E-state index contributed by atoms with van der Waals surface area (Å²) in [5.74, 6) is 1.92. The topological polar surface area (TPSA) is 56.7 Å². The van der Waals surface area contributed by atoms with Crippen LogP contribution in [0.25, 0.3) is 94.7 Å². The van der Waals surface area contributed by atoms with Crippen LogP contribution in [-0.2, 0) is 5.41 Å². The minimum Gasteiger partial charge on any atom is -0.455 e. The summed E-state index contributed by atoms with van der Waals surface area (Å²) in [6.45, 7) is 4.68. The molecule has 3 heterocycles. The molecule has 5 nitrogen and oxygen atoms in total. The Hall–Kier alpha value is -6.85. The molecule has 7 aromatic carbocycles. The molecule has 55 heavy (non-hydrogen) atoms. The van der Waals surface area contributed by atoms with Crippen molar-refractivity contribution in [3.63, 3.8) is 0 Å². The van der Waals surface area contributed by atoms with Gasteiger partial charge in [0.05, 0.1) is 16.4 Å². The quantitative estimate of drug-likeness (QED) is 0.173. The molecule has 1 aliphatic rings. The van der Waals surface area contributed by atoms with Crippen molar-refractivity contribution in [1.82, 2.24) is 19.5 Å². The number of para-hydroxylation sites is 1. The first-order valence-corrected chi connectivity index (χ1v) is 19.2. The Balaban J connectivity index is 1.23. The highest BCUT2D eigenvalue weighted by atomic mass is 16.3. The lowest BCUT2D eigenvalue weighted by molar-refractivity contribution is 0.493. The van der Waals surface area contributed by atoms with Crippen molar-refractivity contribution in [2.75, 3.05) is 0 Å². The molecule has 10 aromatic rings. The fourth-order valence-electron chi connectivity index (χ4n) is 9.32. The van der Waals surface area contributed by atoms with Crippen LogP contribution >= 0.6 is 0 Å². The zero-order valence-corrected chi connectivity index (χ0v) is 30.6. The number of nitrogens with zero attached hydrogens (tertiary/aromatic N) is 4. The van der Waals surface area contributed by atoms with Gasteiger partial charge in [0.25, 0.3) is 0 Å². The van der Waals surface area contributed by atoms with E-state index in [0.29, 0.717) is 17.5 Å². The van der Waals surface area contributed by atoms with Crippen LogP contribution in [0.15, 0.2) is 162 Å². The van der Waals surface area contributed by atoms with Crippen molar-refractivity contribution in [2.45, 2.75) is 32.1 Å². The van der Waals surface area contributed by atoms with Crippen LogP contribution in [0.5, 0.6) is 0 Å². The monoisotopic (exact) mass is 708 g/mol. The molecule has 0 radical (unpaired) electrons. The Morgan fingerprint density at radius 2 is 1.15 bits per heavy atom. The van der Waals surface area contributed by atoms with Crippen LogP contribution in [0.1, 0.15) is 37.8 Å². The molecule has 0 atom stereocenters. The molecular weight excluding hydrogens is 673 g/mol. The molecule has 1 aliphatic carbocycles. The van der Waals surface area contributed by atoms with Crippen molar-refractivity contribution in [1.29, 1.82) is 0 Å². The Morgan fingerprint density at radius 1 is 0.527 bits per heavy atom. The summed E-state index contributed by atoms with van der Waals surface area (Å²) < 4.78 is 9.25. The number of rotatable bonds is 6. The predicted octanol–water partition coefficient (Wildman–Crippen LogP) is 13.0. The van der Waals surface area contributed by atoms with Gasteiger partial charge in [0, 0.05) is 44.0 Å². The lowest BCUT2D eigenvalue weighted by atomic mass is 9.73. The Labute approximate surface area is 318 Å². The van der Waals surface area contributed by atoms with E-state index in [0.717, 1.165) is 68.1 Å². The second-order valence-corrected chi connectivity index (χ2v) is 14.6. The summed E-state index contributed by atoms with van der Waals surface area (Å²) in [7, 11) is 0. The summed E-state index contributed by atoms with van der Waals surface area (Å²) in [5, 5.41) is 4.59. The van der Waals surface area contributed by atoms with Crippen LogP contribution in [-0.4, -0.2) is 19.5 Å². The van der Waals surface area contributed by atoms with Crippen molar-refractivity contribution < 1.29 is 4.42 Å². The summed E-state index contributed by atoms with van der Waals surface area (Å²) in [6, 6.07) is 55.6. The third-order valence-corrected chi connectivity index (χ3v) is 11.9. The highest BCUT2D eigenvalue weighted by Crippen LogP contribution is 2.56. The number of aromatic nitrogens is 4. The number of benzene rings is 7. The SMILES string of the molecule is CCC1(CC)c2ccccc2-c2ccc3c4c5oc6ccccc6c5ccc4n(-c4cccc(-c5nc(-c6ccccc6)nc(-c6ccccc6)n5)c4)c3c21. The average Bonchev–Trinajstić information content (AvgIpc) is 3.90. The lowest BCUT2D eigenvalue weighted by Gasteiger charge is -2.30. The fraction of sp³-hybridized carbons (Fsp3) is 0.100. The highest BCUT2D eigenvalue weighted by Gasteiger charge is 2.43. The third-order valence-electron chi connectivity index (χ3n) is 11.9. The zero-order valence-electron chi connectivity index (χ0n) is 30.6. The van der Waals surface area contributed by atoms with E-state index < -0.39 is 0 Å². The van der Waals surface area contributed by atoms with Gasteiger partial charge in [-0.05, 0) is 65.4 Å². The molecule has 0 bridgehead atoms. The molecule has 0 aliphatic heterocycles.